The molecule has 1 aromatic carbocycles. The summed E-state index contributed by atoms with van der Waals surface area (Å²) in [6, 6.07) is 4.12. The first-order valence-electron chi connectivity index (χ1n) is 5.95. The maximum absolute atomic E-state index is 11.3. The zero-order chi connectivity index (χ0) is 14.7. The third kappa shape index (κ3) is 3.37. The van der Waals surface area contributed by atoms with E-state index in [0.29, 0.717) is 13.2 Å². The molecule has 1 aliphatic rings. The van der Waals surface area contributed by atoms with Crippen LogP contribution in [0.15, 0.2) is 18.2 Å². The van der Waals surface area contributed by atoms with Gasteiger partial charge in [-0.25, -0.2) is 0 Å². The normalized spacial score (nSPS) is 18.7. The van der Waals surface area contributed by atoms with Crippen LogP contribution >= 0.6 is 11.6 Å². The van der Waals surface area contributed by atoms with E-state index in [1.165, 1.54) is 25.1 Å². The summed E-state index contributed by atoms with van der Waals surface area (Å²) in [5, 5.41) is 11.2. The van der Waals surface area contributed by atoms with Gasteiger partial charge >= 0.3 is 5.69 Å². The molecule has 8 heteroatoms. The average molecular weight is 301 g/mol. The lowest BCUT2D eigenvalue weighted by Crippen LogP contribution is -2.47. The Morgan fingerprint density at radius 1 is 1.60 bits per heavy atom. The number of hydrogen-bond acceptors (Lipinski definition) is 5. The highest BCUT2D eigenvalue weighted by atomic mass is 35.5. The van der Waals surface area contributed by atoms with Crippen molar-refractivity contribution >= 4 is 23.2 Å². The highest BCUT2D eigenvalue weighted by molar-refractivity contribution is 6.30. The maximum Gasteiger partial charge on any atom is 0.312 e. The molecule has 108 valence electrons. The summed E-state index contributed by atoms with van der Waals surface area (Å²) in [7, 11) is 0. The van der Waals surface area contributed by atoms with E-state index in [-0.39, 0.29) is 28.9 Å². The molecular weight excluding hydrogens is 288 g/mol. The number of amides is 1. The molecule has 0 saturated carbocycles. The smallest absolute Gasteiger partial charge is 0.312 e. The lowest BCUT2D eigenvalue weighted by molar-refractivity contribution is -0.386. The largest absolute Gasteiger partial charge is 0.456 e. The molecule has 1 atom stereocenters. The van der Waals surface area contributed by atoms with Crippen molar-refractivity contribution in [2.45, 2.75) is 13.2 Å². The molecule has 1 heterocycles. The summed E-state index contributed by atoms with van der Waals surface area (Å²) < 4.78 is 10.8. The monoisotopic (exact) mass is 300 g/mol. The predicted molar refractivity (Wildman–Crippen MR) is 70.7 cm³/mol. The van der Waals surface area contributed by atoms with E-state index in [9.17, 15) is 14.9 Å². The van der Waals surface area contributed by atoms with E-state index in [2.05, 4.69) is 0 Å². The first-order chi connectivity index (χ1) is 9.47. The molecule has 1 aromatic rings. The van der Waals surface area contributed by atoms with Crippen LogP contribution in [0, 0.1) is 10.1 Å². The van der Waals surface area contributed by atoms with Crippen molar-refractivity contribution in [2.24, 2.45) is 0 Å². The van der Waals surface area contributed by atoms with Crippen molar-refractivity contribution < 1.29 is 19.2 Å². The van der Waals surface area contributed by atoms with Crippen LogP contribution in [0.4, 0.5) is 5.69 Å². The van der Waals surface area contributed by atoms with E-state index >= 15 is 0 Å². The Bertz CT molecular complexity index is 537. The summed E-state index contributed by atoms with van der Waals surface area (Å²) in [4.78, 5) is 23.2. The van der Waals surface area contributed by atoms with Gasteiger partial charge in [-0.15, -0.1) is 0 Å². The van der Waals surface area contributed by atoms with Crippen LogP contribution in [-0.2, 0) is 9.53 Å². The Hall–Kier alpha value is -1.86. The number of ether oxygens (including phenoxy) is 2. The van der Waals surface area contributed by atoms with Crippen LogP contribution in [0.5, 0.6) is 5.75 Å². The quantitative estimate of drug-likeness (QED) is 0.628. The van der Waals surface area contributed by atoms with Gasteiger partial charge < -0.3 is 14.4 Å². The Morgan fingerprint density at radius 2 is 2.35 bits per heavy atom. The molecule has 0 spiro atoms. The Kier molecular flexibility index (Phi) is 4.41. The van der Waals surface area contributed by atoms with Crippen molar-refractivity contribution in [3.05, 3.63) is 33.3 Å². The van der Waals surface area contributed by atoms with Crippen molar-refractivity contribution in [3.63, 3.8) is 0 Å². The summed E-state index contributed by atoms with van der Waals surface area (Å²) >= 11 is 5.72. The van der Waals surface area contributed by atoms with Crippen molar-refractivity contribution in [3.8, 4) is 5.75 Å². The number of carbonyl (C=O) groups is 1. The number of nitrogens with zero attached hydrogens (tertiary/aromatic N) is 2. The molecule has 0 aliphatic carbocycles. The molecule has 1 aliphatic heterocycles. The molecule has 0 N–H and O–H groups in total. The molecule has 0 radical (unpaired) electrons. The van der Waals surface area contributed by atoms with Gasteiger partial charge in [0.1, 0.15) is 0 Å². The second-order valence-corrected chi connectivity index (χ2v) is 4.69. The highest BCUT2D eigenvalue weighted by Gasteiger charge is 2.26. The van der Waals surface area contributed by atoms with Gasteiger partial charge in [0.2, 0.25) is 12.2 Å². The summed E-state index contributed by atoms with van der Waals surface area (Å²) in [5.41, 5.74) is -0.235. The molecule has 0 bridgehead atoms. The second kappa shape index (κ2) is 6.06. The number of nitro benzene ring substituents is 1. The summed E-state index contributed by atoms with van der Waals surface area (Å²) in [6.07, 6.45) is -0.729. The van der Waals surface area contributed by atoms with E-state index in [0.717, 1.165) is 0 Å². The van der Waals surface area contributed by atoms with Crippen LogP contribution in [0.1, 0.15) is 6.92 Å². The van der Waals surface area contributed by atoms with Gasteiger partial charge in [-0.2, -0.15) is 0 Å². The standard InChI is InChI=1S/C12H13ClN2O5/c1-8(16)14-4-5-19-12(7-14)20-11-3-2-9(13)6-10(11)15(17)18/h2-3,6,12H,4-5,7H2,1H3. The molecular formula is C12H13ClN2O5. The minimum atomic E-state index is -0.729. The number of benzene rings is 1. The van der Waals surface area contributed by atoms with Gasteiger partial charge in [0, 0.05) is 24.6 Å². The summed E-state index contributed by atoms with van der Waals surface area (Å²) in [6.45, 7) is 2.49. The van der Waals surface area contributed by atoms with Crippen LogP contribution in [0.2, 0.25) is 5.02 Å². The highest BCUT2D eigenvalue weighted by Crippen LogP contribution is 2.31. The number of rotatable bonds is 3. The van der Waals surface area contributed by atoms with Crippen LogP contribution < -0.4 is 4.74 Å². The fourth-order valence-corrected chi connectivity index (χ4v) is 2.02. The molecule has 1 saturated heterocycles. The van der Waals surface area contributed by atoms with Gasteiger partial charge in [0.05, 0.1) is 18.1 Å². The minimum absolute atomic E-state index is 0.0646. The molecule has 1 fully saturated rings. The first-order valence-corrected chi connectivity index (χ1v) is 6.33. The predicted octanol–water partition coefficient (Wildman–Crippen LogP) is 1.83. The fraction of sp³-hybridized carbons (Fsp3) is 0.417. The van der Waals surface area contributed by atoms with Crippen molar-refractivity contribution in [2.75, 3.05) is 19.7 Å². The molecule has 1 amide bonds. The van der Waals surface area contributed by atoms with E-state index in [1.807, 2.05) is 0 Å². The Labute approximate surface area is 120 Å². The maximum atomic E-state index is 11.3. The number of morpholine rings is 1. The lowest BCUT2D eigenvalue weighted by atomic mass is 10.3. The van der Waals surface area contributed by atoms with Gasteiger partial charge in [-0.3, -0.25) is 14.9 Å². The zero-order valence-corrected chi connectivity index (χ0v) is 11.5. The number of hydrogen-bond donors (Lipinski definition) is 0. The molecule has 7 nitrogen and oxygen atoms in total. The first kappa shape index (κ1) is 14.5. The topological polar surface area (TPSA) is 81.9 Å². The van der Waals surface area contributed by atoms with Crippen molar-refractivity contribution in [1.29, 1.82) is 0 Å². The second-order valence-electron chi connectivity index (χ2n) is 4.25. The van der Waals surface area contributed by atoms with E-state index in [1.54, 1.807) is 4.90 Å². The lowest BCUT2D eigenvalue weighted by Gasteiger charge is -2.32. The van der Waals surface area contributed by atoms with Gasteiger partial charge in [0.25, 0.3) is 0 Å². The van der Waals surface area contributed by atoms with Crippen LogP contribution in [0.25, 0.3) is 0 Å². The van der Waals surface area contributed by atoms with Gasteiger partial charge in [-0.05, 0) is 12.1 Å². The summed E-state index contributed by atoms with van der Waals surface area (Å²) in [5.74, 6) is -0.0256. The SMILES string of the molecule is CC(=O)N1CCOC(Oc2ccc(Cl)cc2[N+](=O)[O-])C1. The fourth-order valence-electron chi connectivity index (χ4n) is 1.85. The number of carbonyl (C=O) groups excluding carboxylic acids is 1. The van der Waals surface area contributed by atoms with E-state index < -0.39 is 11.2 Å². The molecule has 2 rings (SSSR count). The minimum Gasteiger partial charge on any atom is -0.456 e. The Morgan fingerprint density at radius 3 is 3.00 bits per heavy atom. The third-order valence-electron chi connectivity index (χ3n) is 2.86. The van der Waals surface area contributed by atoms with E-state index in [4.69, 9.17) is 21.1 Å². The molecule has 0 aromatic heterocycles. The van der Waals surface area contributed by atoms with Crippen LogP contribution in [-0.4, -0.2) is 41.7 Å². The average Bonchev–Trinajstić information content (AvgIpc) is 2.41. The van der Waals surface area contributed by atoms with Gasteiger partial charge in [-0.1, -0.05) is 11.6 Å². The number of halogens is 1. The van der Waals surface area contributed by atoms with Gasteiger partial charge in [0.15, 0.2) is 5.75 Å². The zero-order valence-electron chi connectivity index (χ0n) is 10.7. The van der Waals surface area contributed by atoms with Crippen molar-refractivity contribution in [1.82, 2.24) is 4.90 Å². The number of nitro groups is 1. The van der Waals surface area contributed by atoms with Crippen LogP contribution in [0.3, 0.4) is 0 Å². The Balaban J connectivity index is 2.13. The third-order valence-corrected chi connectivity index (χ3v) is 3.09. The molecule has 20 heavy (non-hydrogen) atoms. The molecule has 1 unspecified atom stereocenters.